The molecule has 134 valence electrons. The molecule has 6 heteroatoms. The number of rotatable bonds is 6. The first-order chi connectivity index (χ1) is 11.9. The number of nitrogens with one attached hydrogen (secondary N) is 2. The summed E-state index contributed by atoms with van der Waals surface area (Å²) in [6.07, 6.45) is 0.888. The van der Waals surface area contributed by atoms with Crippen LogP contribution in [0.25, 0.3) is 0 Å². The molecular weight excluding hydrogens is 336 g/mol. The van der Waals surface area contributed by atoms with Crippen molar-refractivity contribution in [2.24, 2.45) is 0 Å². The number of benzene rings is 1. The molecule has 2 aromatic rings. The SMILES string of the molecule is CCc1sc(C(=O)NNC(=O)COc2cccc(C(C)C)c2)cc1C. The number of amides is 2. The third kappa shape index (κ3) is 5.32. The van der Waals surface area contributed by atoms with E-state index in [9.17, 15) is 9.59 Å². The van der Waals surface area contributed by atoms with Crippen LogP contribution in [-0.2, 0) is 11.2 Å². The molecule has 2 N–H and O–H groups in total. The molecule has 0 radical (unpaired) electrons. The molecule has 0 spiro atoms. The lowest BCUT2D eigenvalue weighted by atomic mass is 10.0. The minimum Gasteiger partial charge on any atom is -0.484 e. The van der Waals surface area contributed by atoms with E-state index in [0.717, 1.165) is 17.5 Å². The van der Waals surface area contributed by atoms with Gasteiger partial charge in [-0.05, 0) is 48.6 Å². The molecule has 0 bridgehead atoms. The van der Waals surface area contributed by atoms with E-state index in [4.69, 9.17) is 4.74 Å². The number of aryl methyl sites for hydroxylation is 2. The van der Waals surface area contributed by atoms with Crippen molar-refractivity contribution >= 4 is 23.2 Å². The Balaban J connectivity index is 1.82. The maximum absolute atomic E-state index is 12.1. The zero-order chi connectivity index (χ0) is 18.4. The van der Waals surface area contributed by atoms with Crippen LogP contribution in [0.3, 0.4) is 0 Å². The number of hydrogen-bond donors (Lipinski definition) is 2. The zero-order valence-corrected chi connectivity index (χ0v) is 15.8. The van der Waals surface area contributed by atoms with E-state index in [-0.39, 0.29) is 12.5 Å². The second kappa shape index (κ2) is 8.67. The number of carbonyl (C=O) groups excluding carboxylic acids is 2. The largest absolute Gasteiger partial charge is 0.484 e. The molecule has 0 fully saturated rings. The fraction of sp³-hybridized carbons (Fsp3) is 0.368. The maximum Gasteiger partial charge on any atom is 0.279 e. The Bertz CT molecular complexity index is 753. The lowest BCUT2D eigenvalue weighted by Crippen LogP contribution is -2.43. The van der Waals surface area contributed by atoms with Gasteiger partial charge in [0.15, 0.2) is 6.61 Å². The summed E-state index contributed by atoms with van der Waals surface area (Å²) < 4.78 is 5.48. The summed E-state index contributed by atoms with van der Waals surface area (Å²) in [6.45, 7) is 8.05. The molecule has 0 unspecified atom stereocenters. The Morgan fingerprint density at radius 3 is 2.60 bits per heavy atom. The van der Waals surface area contributed by atoms with Gasteiger partial charge < -0.3 is 4.74 Å². The van der Waals surface area contributed by atoms with E-state index in [0.29, 0.717) is 16.5 Å². The topological polar surface area (TPSA) is 67.4 Å². The van der Waals surface area contributed by atoms with Crippen LogP contribution in [0.4, 0.5) is 0 Å². The van der Waals surface area contributed by atoms with Crippen molar-refractivity contribution in [1.82, 2.24) is 10.9 Å². The van der Waals surface area contributed by atoms with Crippen molar-refractivity contribution in [3.8, 4) is 5.75 Å². The first-order valence-electron chi connectivity index (χ1n) is 8.32. The molecule has 0 aliphatic carbocycles. The Labute approximate surface area is 152 Å². The predicted molar refractivity (Wildman–Crippen MR) is 100 cm³/mol. The second-order valence-corrected chi connectivity index (χ2v) is 7.23. The summed E-state index contributed by atoms with van der Waals surface area (Å²) in [6, 6.07) is 9.47. The minimum absolute atomic E-state index is 0.161. The number of thiophene rings is 1. The Morgan fingerprint density at radius 1 is 1.20 bits per heavy atom. The van der Waals surface area contributed by atoms with E-state index in [1.165, 1.54) is 16.2 Å². The van der Waals surface area contributed by atoms with Gasteiger partial charge in [0.2, 0.25) is 0 Å². The molecule has 0 atom stereocenters. The first-order valence-corrected chi connectivity index (χ1v) is 9.13. The van der Waals surface area contributed by atoms with Crippen LogP contribution in [0.1, 0.15) is 52.4 Å². The summed E-state index contributed by atoms with van der Waals surface area (Å²) in [7, 11) is 0. The van der Waals surface area contributed by atoms with E-state index in [1.807, 2.05) is 38.1 Å². The van der Waals surface area contributed by atoms with E-state index < -0.39 is 5.91 Å². The van der Waals surface area contributed by atoms with Gasteiger partial charge in [-0.1, -0.05) is 32.9 Å². The van der Waals surface area contributed by atoms with Crippen LogP contribution in [0.5, 0.6) is 5.75 Å². The highest BCUT2D eigenvalue weighted by atomic mass is 32.1. The highest BCUT2D eigenvalue weighted by Gasteiger charge is 2.12. The standard InChI is InChI=1S/C19H24N2O3S/c1-5-16-13(4)9-17(25-16)19(23)21-20-18(22)11-24-15-8-6-7-14(10-15)12(2)3/h6-10,12H,5,11H2,1-4H3,(H,20,22)(H,21,23). The highest BCUT2D eigenvalue weighted by Crippen LogP contribution is 2.22. The Hall–Kier alpha value is -2.34. The van der Waals surface area contributed by atoms with Crippen LogP contribution in [0.15, 0.2) is 30.3 Å². The molecule has 1 aromatic carbocycles. The summed E-state index contributed by atoms with van der Waals surface area (Å²) in [5.74, 6) is 0.295. The predicted octanol–water partition coefficient (Wildman–Crippen LogP) is 3.58. The normalized spacial score (nSPS) is 10.6. The summed E-state index contributed by atoms with van der Waals surface area (Å²) >= 11 is 1.44. The van der Waals surface area contributed by atoms with E-state index >= 15 is 0 Å². The van der Waals surface area contributed by atoms with Crippen LogP contribution >= 0.6 is 11.3 Å². The smallest absolute Gasteiger partial charge is 0.279 e. The van der Waals surface area contributed by atoms with Gasteiger partial charge in [-0.2, -0.15) is 0 Å². The molecule has 0 aliphatic heterocycles. The van der Waals surface area contributed by atoms with Gasteiger partial charge in [-0.25, -0.2) is 0 Å². The molecular formula is C19H24N2O3S. The molecule has 2 amide bonds. The highest BCUT2D eigenvalue weighted by molar-refractivity contribution is 7.14. The molecule has 0 saturated carbocycles. The van der Waals surface area contributed by atoms with Crippen LogP contribution < -0.4 is 15.6 Å². The van der Waals surface area contributed by atoms with E-state index in [1.54, 1.807) is 6.07 Å². The fourth-order valence-electron chi connectivity index (χ4n) is 2.32. The average molecular weight is 360 g/mol. The number of hydrogen-bond acceptors (Lipinski definition) is 4. The summed E-state index contributed by atoms with van der Waals surface area (Å²) in [4.78, 5) is 25.7. The summed E-state index contributed by atoms with van der Waals surface area (Å²) in [5, 5.41) is 0. The van der Waals surface area contributed by atoms with Gasteiger partial charge in [-0.3, -0.25) is 20.4 Å². The van der Waals surface area contributed by atoms with Gasteiger partial charge in [0.25, 0.3) is 11.8 Å². The third-order valence-electron chi connectivity index (χ3n) is 3.78. The summed E-state index contributed by atoms with van der Waals surface area (Å²) in [5.41, 5.74) is 7.04. The number of ether oxygens (including phenoxy) is 1. The van der Waals surface area contributed by atoms with Crippen LogP contribution in [0, 0.1) is 6.92 Å². The van der Waals surface area contributed by atoms with Crippen molar-refractivity contribution in [1.29, 1.82) is 0 Å². The molecule has 0 saturated heterocycles. The minimum atomic E-state index is -0.410. The number of carbonyl (C=O) groups is 2. The van der Waals surface area contributed by atoms with Gasteiger partial charge in [-0.15, -0.1) is 11.3 Å². The molecule has 2 rings (SSSR count). The number of hydrazine groups is 1. The second-order valence-electron chi connectivity index (χ2n) is 6.09. The molecule has 1 heterocycles. The van der Waals surface area contributed by atoms with Crippen molar-refractivity contribution < 1.29 is 14.3 Å². The molecule has 1 aromatic heterocycles. The van der Waals surface area contributed by atoms with Gasteiger partial charge in [0, 0.05) is 4.88 Å². The first kappa shape index (κ1) is 19.0. The lowest BCUT2D eigenvalue weighted by Gasteiger charge is -2.10. The lowest BCUT2D eigenvalue weighted by molar-refractivity contribution is -0.123. The van der Waals surface area contributed by atoms with E-state index in [2.05, 4.69) is 24.7 Å². The molecule has 25 heavy (non-hydrogen) atoms. The Kier molecular flexibility index (Phi) is 6.58. The van der Waals surface area contributed by atoms with Crippen molar-refractivity contribution in [3.05, 3.63) is 51.2 Å². The van der Waals surface area contributed by atoms with Crippen LogP contribution in [-0.4, -0.2) is 18.4 Å². The maximum atomic E-state index is 12.1. The quantitative estimate of drug-likeness (QED) is 0.774. The fourth-order valence-corrected chi connectivity index (χ4v) is 3.33. The molecule has 0 aliphatic rings. The Morgan fingerprint density at radius 2 is 1.96 bits per heavy atom. The third-order valence-corrected chi connectivity index (χ3v) is 5.16. The van der Waals surface area contributed by atoms with Crippen molar-refractivity contribution in [2.45, 2.75) is 40.0 Å². The van der Waals surface area contributed by atoms with Gasteiger partial charge >= 0.3 is 0 Å². The van der Waals surface area contributed by atoms with Gasteiger partial charge in [0.1, 0.15) is 5.75 Å². The van der Waals surface area contributed by atoms with Crippen LogP contribution in [0.2, 0.25) is 0 Å². The van der Waals surface area contributed by atoms with Gasteiger partial charge in [0.05, 0.1) is 4.88 Å². The van der Waals surface area contributed by atoms with Crippen molar-refractivity contribution in [3.63, 3.8) is 0 Å². The average Bonchev–Trinajstić information content (AvgIpc) is 2.99. The monoisotopic (exact) mass is 360 g/mol. The molecule has 5 nitrogen and oxygen atoms in total. The van der Waals surface area contributed by atoms with Crippen molar-refractivity contribution in [2.75, 3.05) is 6.61 Å². The zero-order valence-electron chi connectivity index (χ0n) is 15.0.